The number of rotatable bonds is 10. The summed E-state index contributed by atoms with van der Waals surface area (Å²) in [4.78, 5) is 15.7. The molecule has 0 bridgehead atoms. The molecule has 7 nitrogen and oxygen atoms in total. The van der Waals surface area contributed by atoms with E-state index in [4.69, 9.17) is 14.2 Å². The van der Waals surface area contributed by atoms with Crippen LogP contribution in [0.15, 0.2) is 53.3 Å². The van der Waals surface area contributed by atoms with Gasteiger partial charge in [-0.05, 0) is 67.3 Å². The van der Waals surface area contributed by atoms with E-state index >= 15 is 0 Å². The minimum Gasteiger partial charge on any atom is -0.508 e. The smallest absolute Gasteiger partial charge is 0.203 e. The molecule has 0 aliphatic heterocycles. The van der Waals surface area contributed by atoms with Crippen molar-refractivity contribution in [2.45, 2.75) is 45.2 Å². The van der Waals surface area contributed by atoms with E-state index in [0.29, 0.717) is 29.5 Å². The van der Waals surface area contributed by atoms with Crippen LogP contribution in [0.4, 0.5) is 5.69 Å². The highest BCUT2D eigenvalue weighted by Crippen LogP contribution is 2.51. The number of benzene rings is 2. The lowest BCUT2D eigenvalue weighted by molar-refractivity contribution is 0.223. The highest BCUT2D eigenvalue weighted by molar-refractivity contribution is 5.83. The molecule has 0 spiro atoms. The standard InChI is InChI=1S/C31H38N2O5/c1-6-7-16-32-24-14-13-22-23(18-27(24)35)25(33(2)19-21-10-8-9-11-26(21)34)15-12-20-17-28(36-3)30(37-4)31(38-5)29(20)22/h8-11,13-14,17-18,25,34H,6-7,12,15-16,19H2,1-5H3,(H,32,35). The van der Waals surface area contributed by atoms with E-state index in [-0.39, 0.29) is 17.2 Å². The Hall–Kier alpha value is -3.71. The van der Waals surface area contributed by atoms with Gasteiger partial charge in [-0.3, -0.25) is 9.69 Å². The fourth-order valence-electron chi connectivity index (χ4n) is 5.32. The molecule has 38 heavy (non-hydrogen) atoms. The van der Waals surface area contributed by atoms with Gasteiger partial charge in [-0.1, -0.05) is 37.6 Å². The SMILES string of the molecule is CCCCNc1ccc2c(cc1=O)C(N(C)Cc1ccccc1O)CCc1cc(OC)c(OC)c(OC)c1-2. The lowest BCUT2D eigenvalue weighted by atomic mass is 9.95. The fourth-order valence-corrected chi connectivity index (χ4v) is 5.32. The average molecular weight is 519 g/mol. The normalized spacial score (nSPS) is 14.3. The van der Waals surface area contributed by atoms with Crippen LogP contribution in [0.2, 0.25) is 0 Å². The second-order valence-corrected chi connectivity index (χ2v) is 9.68. The van der Waals surface area contributed by atoms with Crippen molar-refractivity contribution in [3.05, 3.63) is 75.4 Å². The molecule has 3 aromatic carbocycles. The van der Waals surface area contributed by atoms with Crippen molar-refractivity contribution < 1.29 is 19.3 Å². The van der Waals surface area contributed by atoms with Crippen molar-refractivity contribution >= 4 is 5.69 Å². The maximum absolute atomic E-state index is 13.5. The summed E-state index contributed by atoms with van der Waals surface area (Å²) in [5.41, 5.74) is 5.18. The number of nitrogens with zero attached hydrogens (tertiary/aromatic N) is 1. The number of aromatic hydroxyl groups is 1. The van der Waals surface area contributed by atoms with E-state index in [0.717, 1.165) is 60.0 Å². The van der Waals surface area contributed by atoms with Crippen molar-refractivity contribution in [2.75, 3.05) is 40.2 Å². The fraction of sp³-hybridized carbons (Fsp3) is 0.387. The zero-order valence-electron chi connectivity index (χ0n) is 23.0. The molecule has 0 saturated heterocycles. The van der Waals surface area contributed by atoms with E-state index in [1.807, 2.05) is 43.4 Å². The zero-order chi connectivity index (χ0) is 27.2. The topological polar surface area (TPSA) is 80.3 Å². The molecule has 0 fully saturated rings. The van der Waals surface area contributed by atoms with Crippen molar-refractivity contribution in [3.63, 3.8) is 0 Å². The van der Waals surface area contributed by atoms with Gasteiger partial charge in [-0.25, -0.2) is 0 Å². The Morgan fingerprint density at radius 1 is 1.03 bits per heavy atom. The molecule has 1 aliphatic carbocycles. The lowest BCUT2D eigenvalue weighted by Gasteiger charge is -2.28. The number of nitrogens with one attached hydrogen (secondary N) is 1. The van der Waals surface area contributed by atoms with Crippen LogP contribution in [0.25, 0.3) is 11.1 Å². The van der Waals surface area contributed by atoms with Gasteiger partial charge in [0, 0.05) is 30.3 Å². The third-order valence-electron chi connectivity index (χ3n) is 7.30. The molecular weight excluding hydrogens is 480 g/mol. The summed E-state index contributed by atoms with van der Waals surface area (Å²) in [5.74, 6) is 1.98. The van der Waals surface area contributed by atoms with Gasteiger partial charge in [0.2, 0.25) is 11.2 Å². The van der Waals surface area contributed by atoms with Crippen molar-refractivity contribution in [3.8, 4) is 34.1 Å². The number of ether oxygens (including phenoxy) is 3. The number of unbranched alkanes of at least 4 members (excludes halogenated alkanes) is 1. The number of methoxy groups -OCH3 is 3. The Bertz CT molecular complexity index is 1340. The van der Waals surface area contributed by atoms with E-state index in [9.17, 15) is 9.90 Å². The van der Waals surface area contributed by atoms with Crippen molar-refractivity contribution in [1.82, 2.24) is 4.90 Å². The number of para-hydroxylation sites is 1. The number of fused-ring (bicyclic) bond motifs is 3. The number of aryl methyl sites for hydroxylation is 1. The van der Waals surface area contributed by atoms with Crippen molar-refractivity contribution in [1.29, 1.82) is 0 Å². The van der Waals surface area contributed by atoms with Crippen LogP contribution in [0, 0.1) is 0 Å². The summed E-state index contributed by atoms with van der Waals surface area (Å²) in [6.45, 7) is 3.40. The quantitative estimate of drug-likeness (QED) is 0.330. The molecule has 0 amide bonds. The molecule has 1 atom stereocenters. The molecular formula is C31H38N2O5. The lowest BCUT2D eigenvalue weighted by Crippen LogP contribution is -2.25. The van der Waals surface area contributed by atoms with Gasteiger partial charge < -0.3 is 24.6 Å². The number of hydrogen-bond acceptors (Lipinski definition) is 7. The summed E-state index contributed by atoms with van der Waals surface area (Å²) < 4.78 is 17.3. The molecule has 4 rings (SSSR count). The van der Waals surface area contributed by atoms with Gasteiger partial charge in [-0.15, -0.1) is 0 Å². The van der Waals surface area contributed by atoms with Crippen LogP contribution in [-0.4, -0.2) is 44.9 Å². The highest BCUT2D eigenvalue weighted by atomic mass is 16.5. The Morgan fingerprint density at radius 3 is 2.47 bits per heavy atom. The van der Waals surface area contributed by atoms with Crippen LogP contribution < -0.4 is 25.0 Å². The van der Waals surface area contributed by atoms with Crippen LogP contribution in [0.1, 0.15) is 48.9 Å². The Morgan fingerprint density at radius 2 is 1.79 bits per heavy atom. The van der Waals surface area contributed by atoms with Crippen LogP contribution in [0.5, 0.6) is 23.0 Å². The minimum atomic E-state index is -0.0812. The monoisotopic (exact) mass is 518 g/mol. The largest absolute Gasteiger partial charge is 0.508 e. The second kappa shape index (κ2) is 12.2. The summed E-state index contributed by atoms with van der Waals surface area (Å²) in [7, 11) is 6.88. The van der Waals surface area contributed by atoms with E-state index in [1.165, 1.54) is 0 Å². The average Bonchev–Trinajstić information content (AvgIpc) is 3.17. The molecule has 0 heterocycles. The summed E-state index contributed by atoms with van der Waals surface area (Å²) >= 11 is 0. The van der Waals surface area contributed by atoms with E-state index < -0.39 is 0 Å². The van der Waals surface area contributed by atoms with Gasteiger partial charge in [0.1, 0.15) is 5.75 Å². The van der Waals surface area contributed by atoms with Gasteiger partial charge in [0.15, 0.2) is 11.5 Å². The predicted octanol–water partition coefficient (Wildman–Crippen LogP) is 5.78. The van der Waals surface area contributed by atoms with Crippen LogP contribution >= 0.6 is 0 Å². The third-order valence-corrected chi connectivity index (χ3v) is 7.30. The first-order chi connectivity index (χ1) is 18.4. The first kappa shape index (κ1) is 27.3. The van der Waals surface area contributed by atoms with E-state index in [1.54, 1.807) is 33.5 Å². The zero-order valence-corrected chi connectivity index (χ0v) is 23.0. The van der Waals surface area contributed by atoms with Crippen LogP contribution in [0.3, 0.4) is 0 Å². The van der Waals surface area contributed by atoms with Crippen LogP contribution in [-0.2, 0) is 13.0 Å². The van der Waals surface area contributed by atoms with Gasteiger partial charge in [0.25, 0.3) is 0 Å². The van der Waals surface area contributed by atoms with Gasteiger partial charge >= 0.3 is 0 Å². The van der Waals surface area contributed by atoms with Crippen molar-refractivity contribution in [2.24, 2.45) is 0 Å². The number of phenolic OH excluding ortho intramolecular Hbond substituents is 1. The number of hydrogen-bond donors (Lipinski definition) is 2. The Kier molecular flexibility index (Phi) is 8.79. The maximum atomic E-state index is 13.5. The summed E-state index contributed by atoms with van der Waals surface area (Å²) in [5, 5.41) is 13.8. The minimum absolute atomic E-state index is 0.0498. The highest BCUT2D eigenvalue weighted by Gasteiger charge is 2.31. The van der Waals surface area contributed by atoms with E-state index in [2.05, 4.69) is 17.1 Å². The maximum Gasteiger partial charge on any atom is 0.203 e. The summed E-state index contributed by atoms with van der Waals surface area (Å²) in [6, 6.07) is 15.0. The number of phenols is 1. The summed E-state index contributed by atoms with van der Waals surface area (Å²) in [6.07, 6.45) is 3.54. The predicted molar refractivity (Wildman–Crippen MR) is 152 cm³/mol. The first-order valence-electron chi connectivity index (χ1n) is 13.1. The molecule has 1 aliphatic rings. The molecule has 7 heteroatoms. The molecule has 1 unspecified atom stereocenters. The Balaban J connectivity index is 1.92. The molecule has 3 aromatic rings. The molecule has 0 radical (unpaired) electrons. The van der Waals surface area contributed by atoms with Gasteiger partial charge in [-0.2, -0.15) is 0 Å². The number of anilines is 1. The van der Waals surface area contributed by atoms with Gasteiger partial charge in [0.05, 0.1) is 27.0 Å². The molecule has 202 valence electrons. The molecule has 0 aromatic heterocycles. The molecule has 2 N–H and O–H groups in total. The third kappa shape index (κ3) is 5.43. The molecule has 0 saturated carbocycles. The Labute approximate surface area is 225 Å². The second-order valence-electron chi connectivity index (χ2n) is 9.68. The first-order valence-corrected chi connectivity index (χ1v) is 13.1.